The summed E-state index contributed by atoms with van der Waals surface area (Å²) in [6, 6.07) is 4.12. The molecule has 2 aromatic rings. The lowest BCUT2D eigenvalue weighted by Gasteiger charge is -2.22. The standard InChI is InChI=1S/C20H24O9/c1-5-28-17(23)9-13(20-19(24)14(22)6-12(10-21)29-20)18-15(26-3)7-11(25-2)8-16(18)27-4/h6-8,13,21,24H,5,9-10H2,1-4H3/t13-/m0/s1. The monoisotopic (exact) mass is 408 g/mol. The Balaban J connectivity index is 2.79. The fraction of sp³-hybridized carbons (Fsp3) is 0.400. The lowest BCUT2D eigenvalue weighted by Crippen LogP contribution is -2.16. The van der Waals surface area contributed by atoms with Crippen LogP contribution < -0.4 is 19.6 Å². The molecule has 0 amide bonds. The summed E-state index contributed by atoms with van der Waals surface area (Å²) in [5.74, 6) is -1.54. The summed E-state index contributed by atoms with van der Waals surface area (Å²) in [5.41, 5.74) is -0.409. The maximum absolute atomic E-state index is 12.3. The van der Waals surface area contributed by atoms with Crippen LogP contribution in [0.1, 0.15) is 36.3 Å². The number of hydrogen-bond acceptors (Lipinski definition) is 9. The summed E-state index contributed by atoms with van der Waals surface area (Å²) in [5, 5.41) is 19.8. The van der Waals surface area contributed by atoms with E-state index in [9.17, 15) is 19.8 Å². The van der Waals surface area contributed by atoms with Gasteiger partial charge in [0.1, 0.15) is 29.6 Å². The molecule has 0 radical (unpaired) electrons. The maximum Gasteiger partial charge on any atom is 0.306 e. The molecule has 1 aromatic heterocycles. The molecule has 9 nitrogen and oxygen atoms in total. The van der Waals surface area contributed by atoms with E-state index in [0.717, 1.165) is 6.07 Å². The van der Waals surface area contributed by atoms with Gasteiger partial charge in [-0.3, -0.25) is 9.59 Å². The zero-order valence-corrected chi connectivity index (χ0v) is 16.7. The number of aromatic hydroxyl groups is 1. The molecule has 0 aliphatic heterocycles. The highest BCUT2D eigenvalue weighted by Crippen LogP contribution is 2.45. The molecular weight excluding hydrogens is 384 g/mol. The van der Waals surface area contributed by atoms with Crippen LogP contribution in [0.4, 0.5) is 0 Å². The maximum atomic E-state index is 12.3. The van der Waals surface area contributed by atoms with Crippen LogP contribution in [-0.4, -0.2) is 44.1 Å². The Morgan fingerprint density at radius 1 is 1.10 bits per heavy atom. The third kappa shape index (κ3) is 4.80. The second-order valence-electron chi connectivity index (χ2n) is 5.96. The second kappa shape index (κ2) is 9.83. The van der Waals surface area contributed by atoms with Gasteiger partial charge in [-0.25, -0.2) is 0 Å². The quantitative estimate of drug-likeness (QED) is 0.599. The van der Waals surface area contributed by atoms with E-state index >= 15 is 0 Å². The first kappa shape index (κ1) is 22.1. The largest absolute Gasteiger partial charge is 0.502 e. The second-order valence-corrected chi connectivity index (χ2v) is 5.96. The fourth-order valence-electron chi connectivity index (χ4n) is 2.96. The minimum absolute atomic E-state index is 0.0666. The van der Waals surface area contributed by atoms with Crippen LogP contribution in [0.2, 0.25) is 0 Å². The number of ether oxygens (including phenoxy) is 4. The Bertz CT molecular complexity index is 892. The van der Waals surface area contributed by atoms with Gasteiger partial charge in [-0.1, -0.05) is 0 Å². The van der Waals surface area contributed by atoms with Gasteiger partial charge in [0.2, 0.25) is 11.2 Å². The van der Waals surface area contributed by atoms with Crippen LogP contribution >= 0.6 is 0 Å². The molecule has 9 heteroatoms. The Kier molecular flexibility index (Phi) is 7.49. The summed E-state index contributed by atoms with van der Waals surface area (Å²) >= 11 is 0. The first-order chi connectivity index (χ1) is 13.9. The van der Waals surface area contributed by atoms with Crippen molar-refractivity contribution in [2.75, 3.05) is 27.9 Å². The van der Waals surface area contributed by atoms with E-state index in [-0.39, 0.29) is 36.0 Å². The molecular formula is C20H24O9. The van der Waals surface area contributed by atoms with Gasteiger partial charge in [0.05, 0.1) is 40.3 Å². The molecule has 1 aromatic carbocycles. The van der Waals surface area contributed by atoms with Gasteiger partial charge in [0, 0.05) is 23.8 Å². The molecule has 158 valence electrons. The average Bonchev–Trinajstić information content (AvgIpc) is 2.73. The molecule has 29 heavy (non-hydrogen) atoms. The minimum atomic E-state index is -0.996. The van der Waals surface area contributed by atoms with Crippen molar-refractivity contribution in [3.05, 3.63) is 45.5 Å². The van der Waals surface area contributed by atoms with Gasteiger partial charge in [0.25, 0.3) is 0 Å². The molecule has 0 unspecified atom stereocenters. The highest BCUT2D eigenvalue weighted by Gasteiger charge is 2.32. The molecule has 1 atom stereocenters. The molecule has 0 aliphatic rings. The van der Waals surface area contributed by atoms with Crippen molar-refractivity contribution in [3.63, 3.8) is 0 Å². The van der Waals surface area contributed by atoms with Crippen LogP contribution in [-0.2, 0) is 16.1 Å². The van der Waals surface area contributed by atoms with Gasteiger partial charge in [-0.2, -0.15) is 0 Å². The molecule has 0 spiro atoms. The Hall–Kier alpha value is -3.20. The van der Waals surface area contributed by atoms with Crippen molar-refractivity contribution in [1.29, 1.82) is 0 Å². The lowest BCUT2D eigenvalue weighted by molar-refractivity contribution is -0.143. The SMILES string of the molecule is CCOC(=O)C[C@H](c1oc(CO)cc(=O)c1O)c1c(OC)cc(OC)cc1OC. The number of aliphatic hydroxyl groups excluding tert-OH is 1. The number of rotatable bonds is 9. The third-order valence-electron chi connectivity index (χ3n) is 4.25. The van der Waals surface area contributed by atoms with Crippen molar-refractivity contribution in [3.8, 4) is 23.0 Å². The van der Waals surface area contributed by atoms with Crippen molar-refractivity contribution in [2.45, 2.75) is 25.9 Å². The molecule has 2 N–H and O–H groups in total. The van der Waals surface area contributed by atoms with E-state index in [1.165, 1.54) is 21.3 Å². The Morgan fingerprint density at radius 3 is 2.21 bits per heavy atom. The van der Waals surface area contributed by atoms with Crippen LogP contribution in [0.15, 0.2) is 27.4 Å². The van der Waals surface area contributed by atoms with Crippen LogP contribution in [0.3, 0.4) is 0 Å². The third-order valence-corrected chi connectivity index (χ3v) is 4.25. The van der Waals surface area contributed by atoms with Crippen molar-refractivity contribution >= 4 is 5.97 Å². The highest BCUT2D eigenvalue weighted by atomic mass is 16.5. The predicted molar refractivity (Wildman–Crippen MR) is 102 cm³/mol. The van der Waals surface area contributed by atoms with E-state index in [2.05, 4.69) is 0 Å². The van der Waals surface area contributed by atoms with Gasteiger partial charge < -0.3 is 33.6 Å². The van der Waals surface area contributed by atoms with E-state index < -0.39 is 29.7 Å². The summed E-state index contributed by atoms with van der Waals surface area (Å²) in [6.07, 6.45) is -0.279. The van der Waals surface area contributed by atoms with E-state index in [1.807, 2.05) is 0 Å². The fourth-order valence-corrected chi connectivity index (χ4v) is 2.96. The Labute approximate surface area is 167 Å². The van der Waals surface area contributed by atoms with Gasteiger partial charge in [0.15, 0.2) is 5.76 Å². The minimum Gasteiger partial charge on any atom is -0.502 e. The summed E-state index contributed by atoms with van der Waals surface area (Å²) < 4.78 is 26.7. The first-order valence-corrected chi connectivity index (χ1v) is 8.82. The number of carbonyl (C=O) groups is 1. The highest BCUT2D eigenvalue weighted by molar-refractivity contribution is 5.72. The molecule has 0 fully saturated rings. The molecule has 0 aliphatic carbocycles. The van der Waals surface area contributed by atoms with E-state index in [1.54, 1.807) is 19.1 Å². The molecule has 2 rings (SSSR count). The zero-order chi connectivity index (χ0) is 21.6. The number of aliphatic hydroxyl groups is 1. The summed E-state index contributed by atoms with van der Waals surface area (Å²) in [6.45, 7) is 1.24. The number of esters is 1. The zero-order valence-electron chi connectivity index (χ0n) is 16.7. The smallest absolute Gasteiger partial charge is 0.306 e. The lowest BCUT2D eigenvalue weighted by atomic mass is 9.90. The summed E-state index contributed by atoms with van der Waals surface area (Å²) in [7, 11) is 4.30. The van der Waals surface area contributed by atoms with Gasteiger partial charge >= 0.3 is 5.97 Å². The van der Waals surface area contributed by atoms with Gasteiger partial charge in [-0.15, -0.1) is 0 Å². The Morgan fingerprint density at radius 2 is 1.72 bits per heavy atom. The van der Waals surface area contributed by atoms with Crippen molar-refractivity contribution in [2.24, 2.45) is 0 Å². The topological polar surface area (TPSA) is 125 Å². The number of hydrogen-bond donors (Lipinski definition) is 2. The first-order valence-electron chi connectivity index (χ1n) is 8.82. The number of methoxy groups -OCH3 is 3. The van der Waals surface area contributed by atoms with Crippen LogP contribution in [0.5, 0.6) is 23.0 Å². The van der Waals surface area contributed by atoms with Crippen molar-refractivity contribution < 1.29 is 38.4 Å². The number of carbonyl (C=O) groups excluding carboxylic acids is 1. The predicted octanol–water partition coefficient (Wildman–Crippen LogP) is 1.95. The molecule has 1 heterocycles. The molecule has 0 saturated heterocycles. The number of benzene rings is 1. The van der Waals surface area contributed by atoms with Crippen LogP contribution in [0, 0.1) is 0 Å². The molecule has 0 bridgehead atoms. The van der Waals surface area contributed by atoms with E-state index in [0.29, 0.717) is 11.3 Å². The average molecular weight is 408 g/mol. The van der Waals surface area contributed by atoms with E-state index in [4.69, 9.17) is 23.4 Å². The van der Waals surface area contributed by atoms with Crippen molar-refractivity contribution in [1.82, 2.24) is 0 Å². The molecule has 0 saturated carbocycles. The normalized spacial score (nSPS) is 11.6. The van der Waals surface area contributed by atoms with Crippen LogP contribution in [0.25, 0.3) is 0 Å². The van der Waals surface area contributed by atoms with Gasteiger partial charge in [-0.05, 0) is 6.92 Å². The summed E-state index contributed by atoms with van der Waals surface area (Å²) in [4.78, 5) is 24.5.